The first-order valence-electron chi connectivity index (χ1n) is 6.64. The van der Waals surface area contributed by atoms with Crippen LogP contribution in [-0.2, 0) is 6.61 Å². The van der Waals surface area contributed by atoms with E-state index in [1.165, 1.54) is 11.6 Å². The van der Waals surface area contributed by atoms with Crippen molar-refractivity contribution in [3.8, 4) is 5.75 Å². The van der Waals surface area contributed by atoms with Crippen LogP contribution in [0.2, 0.25) is 5.02 Å². The third-order valence-corrected chi connectivity index (χ3v) is 3.51. The Labute approximate surface area is 124 Å². The molecule has 106 valence electrons. The summed E-state index contributed by atoms with van der Waals surface area (Å²) in [4.78, 5) is 0. The van der Waals surface area contributed by atoms with Crippen molar-refractivity contribution in [1.29, 1.82) is 0 Å². The Hall–Kier alpha value is -1.54. The van der Waals surface area contributed by atoms with Crippen molar-refractivity contribution in [2.45, 2.75) is 33.3 Å². The standard InChI is InChI=1S/C17H18ClFO/c1-11(2)13-5-4-12(3)17(8-13)20-10-14-6-7-15(18)9-16(14)19/h4-9,11H,10H2,1-3H3. The number of hydrogen-bond donors (Lipinski definition) is 0. The summed E-state index contributed by atoms with van der Waals surface area (Å²) in [5, 5.41) is 0.393. The minimum Gasteiger partial charge on any atom is -0.489 e. The summed E-state index contributed by atoms with van der Waals surface area (Å²) in [6, 6.07) is 10.8. The monoisotopic (exact) mass is 292 g/mol. The molecule has 0 bridgehead atoms. The van der Waals surface area contributed by atoms with Crippen molar-refractivity contribution >= 4 is 11.6 Å². The van der Waals surface area contributed by atoms with Gasteiger partial charge in [-0.3, -0.25) is 0 Å². The molecule has 0 aromatic heterocycles. The van der Waals surface area contributed by atoms with E-state index in [0.29, 0.717) is 16.5 Å². The maximum absolute atomic E-state index is 13.7. The average Bonchev–Trinajstić information content (AvgIpc) is 2.39. The molecule has 2 aromatic carbocycles. The summed E-state index contributed by atoms with van der Waals surface area (Å²) < 4.78 is 19.4. The zero-order valence-electron chi connectivity index (χ0n) is 11.9. The van der Waals surface area contributed by atoms with Crippen LogP contribution >= 0.6 is 11.6 Å². The summed E-state index contributed by atoms with van der Waals surface area (Å²) in [6.45, 7) is 6.45. The van der Waals surface area contributed by atoms with E-state index in [0.717, 1.165) is 11.3 Å². The lowest BCUT2D eigenvalue weighted by molar-refractivity contribution is 0.297. The van der Waals surface area contributed by atoms with Gasteiger partial charge in [0.1, 0.15) is 18.2 Å². The average molecular weight is 293 g/mol. The zero-order valence-corrected chi connectivity index (χ0v) is 12.7. The molecule has 0 N–H and O–H groups in total. The van der Waals surface area contributed by atoms with Crippen LogP contribution in [0.15, 0.2) is 36.4 Å². The molecule has 0 radical (unpaired) electrons. The van der Waals surface area contributed by atoms with E-state index < -0.39 is 0 Å². The summed E-state index contributed by atoms with van der Waals surface area (Å²) in [5.74, 6) is 0.894. The molecule has 2 rings (SSSR count). The second-order valence-electron chi connectivity index (χ2n) is 5.20. The second-order valence-corrected chi connectivity index (χ2v) is 5.64. The Morgan fingerprint density at radius 3 is 2.55 bits per heavy atom. The third-order valence-electron chi connectivity index (χ3n) is 3.28. The lowest BCUT2D eigenvalue weighted by Gasteiger charge is -2.13. The maximum Gasteiger partial charge on any atom is 0.131 e. The van der Waals surface area contributed by atoms with Crippen LogP contribution in [0, 0.1) is 12.7 Å². The smallest absolute Gasteiger partial charge is 0.131 e. The van der Waals surface area contributed by atoms with E-state index >= 15 is 0 Å². The predicted octanol–water partition coefficient (Wildman–Crippen LogP) is 5.49. The normalized spacial score (nSPS) is 10.9. The molecule has 0 aliphatic heterocycles. The summed E-state index contributed by atoms with van der Waals surface area (Å²) in [6.07, 6.45) is 0. The van der Waals surface area contributed by atoms with Crippen molar-refractivity contribution in [3.63, 3.8) is 0 Å². The zero-order chi connectivity index (χ0) is 14.7. The highest BCUT2D eigenvalue weighted by Crippen LogP contribution is 2.25. The van der Waals surface area contributed by atoms with E-state index in [4.69, 9.17) is 16.3 Å². The highest BCUT2D eigenvalue weighted by atomic mass is 35.5. The van der Waals surface area contributed by atoms with Crippen LogP contribution in [0.1, 0.15) is 36.5 Å². The van der Waals surface area contributed by atoms with Crippen LogP contribution in [-0.4, -0.2) is 0 Å². The molecule has 0 atom stereocenters. The Morgan fingerprint density at radius 1 is 1.15 bits per heavy atom. The van der Waals surface area contributed by atoms with Crippen molar-refractivity contribution in [3.05, 3.63) is 63.9 Å². The van der Waals surface area contributed by atoms with Gasteiger partial charge in [-0.05, 0) is 42.2 Å². The van der Waals surface area contributed by atoms with Crippen molar-refractivity contribution in [2.24, 2.45) is 0 Å². The molecule has 0 fully saturated rings. The van der Waals surface area contributed by atoms with Crippen molar-refractivity contribution in [1.82, 2.24) is 0 Å². The number of ether oxygens (including phenoxy) is 1. The van der Waals surface area contributed by atoms with Gasteiger partial charge in [0.2, 0.25) is 0 Å². The second kappa shape index (κ2) is 6.27. The Kier molecular flexibility index (Phi) is 4.66. The molecule has 3 heteroatoms. The molecule has 20 heavy (non-hydrogen) atoms. The fraction of sp³-hybridized carbons (Fsp3) is 0.294. The van der Waals surface area contributed by atoms with E-state index in [1.807, 2.05) is 19.1 Å². The SMILES string of the molecule is Cc1ccc(C(C)C)cc1OCc1ccc(Cl)cc1F. The quantitative estimate of drug-likeness (QED) is 0.724. The van der Waals surface area contributed by atoms with Gasteiger partial charge in [0, 0.05) is 10.6 Å². The first-order valence-corrected chi connectivity index (χ1v) is 7.02. The number of benzene rings is 2. The van der Waals surface area contributed by atoms with Crippen LogP contribution in [0.4, 0.5) is 4.39 Å². The highest BCUT2D eigenvalue weighted by molar-refractivity contribution is 6.30. The van der Waals surface area contributed by atoms with Gasteiger partial charge in [-0.15, -0.1) is 0 Å². The van der Waals surface area contributed by atoms with E-state index in [-0.39, 0.29) is 12.4 Å². The summed E-state index contributed by atoms with van der Waals surface area (Å²) >= 11 is 5.73. The minimum absolute atomic E-state index is 0.200. The van der Waals surface area contributed by atoms with Gasteiger partial charge in [0.25, 0.3) is 0 Å². The number of halogens is 2. The summed E-state index contributed by atoms with van der Waals surface area (Å²) in [5.41, 5.74) is 2.76. The van der Waals surface area contributed by atoms with Gasteiger partial charge in [0.15, 0.2) is 0 Å². The molecule has 0 amide bonds. The molecule has 0 heterocycles. The van der Waals surface area contributed by atoms with E-state index in [1.54, 1.807) is 12.1 Å². The molecule has 0 unspecified atom stereocenters. The Bertz CT molecular complexity index is 608. The highest BCUT2D eigenvalue weighted by Gasteiger charge is 2.07. The van der Waals surface area contributed by atoms with Gasteiger partial charge >= 0.3 is 0 Å². The Morgan fingerprint density at radius 2 is 1.90 bits per heavy atom. The fourth-order valence-corrected chi connectivity index (χ4v) is 2.08. The van der Waals surface area contributed by atoms with Crippen LogP contribution in [0.3, 0.4) is 0 Å². The van der Waals surface area contributed by atoms with Gasteiger partial charge in [-0.25, -0.2) is 4.39 Å². The lowest BCUT2D eigenvalue weighted by atomic mass is 10.0. The lowest BCUT2D eigenvalue weighted by Crippen LogP contribution is -2.00. The number of rotatable bonds is 4. The molecule has 0 saturated heterocycles. The third kappa shape index (κ3) is 3.51. The molecule has 0 spiro atoms. The number of hydrogen-bond acceptors (Lipinski definition) is 1. The minimum atomic E-state index is -0.338. The summed E-state index contributed by atoms with van der Waals surface area (Å²) in [7, 11) is 0. The van der Waals surface area contributed by atoms with E-state index in [2.05, 4.69) is 19.9 Å². The van der Waals surface area contributed by atoms with Crippen LogP contribution in [0.25, 0.3) is 0 Å². The van der Waals surface area contributed by atoms with Crippen molar-refractivity contribution < 1.29 is 9.13 Å². The molecular formula is C17H18ClFO. The first kappa shape index (κ1) is 14.9. The largest absolute Gasteiger partial charge is 0.489 e. The molecule has 0 aliphatic carbocycles. The molecule has 0 saturated carbocycles. The molecule has 2 aromatic rings. The fourth-order valence-electron chi connectivity index (χ4n) is 1.93. The van der Waals surface area contributed by atoms with Crippen LogP contribution in [0.5, 0.6) is 5.75 Å². The maximum atomic E-state index is 13.7. The van der Waals surface area contributed by atoms with Gasteiger partial charge < -0.3 is 4.74 Å². The van der Waals surface area contributed by atoms with Crippen LogP contribution < -0.4 is 4.74 Å². The first-order chi connectivity index (χ1) is 9.47. The van der Waals surface area contributed by atoms with Gasteiger partial charge in [-0.1, -0.05) is 43.6 Å². The van der Waals surface area contributed by atoms with Gasteiger partial charge in [-0.2, -0.15) is 0 Å². The predicted molar refractivity (Wildman–Crippen MR) is 81.0 cm³/mol. The Balaban J connectivity index is 2.16. The molecule has 0 aliphatic rings. The van der Waals surface area contributed by atoms with Crippen molar-refractivity contribution in [2.75, 3.05) is 0 Å². The molecule has 1 nitrogen and oxygen atoms in total. The van der Waals surface area contributed by atoms with Gasteiger partial charge in [0.05, 0.1) is 0 Å². The number of aryl methyl sites for hydroxylation is 1. The molecular weight excluding hydrogens is 275 g/mol. The topological polar surface area (TPSA) is 9.23 Å². The van der Waals surface area contributed by atoms with E-state index in [9.17, 15) is 4.39 Å².